The summed E-state index contributed by atoms with van der Waals surface area (Å²) < 4.78 is 0. The van der Waals surface area contributed by atoms with Gasteiger partial charge >= 0.3 is 0 Å². The van der Waals surface area contributed by atoms with Crippen LogP contribution in [0.15, 0.2) is 5.29 Å². The molecule has 0 aromatic rings. The first-order valence-corrected chi connectivity index (χ1v) is 3.46. The lowest BCUT2D eigenvalue weighted by atomic mass is 10.3. The predicted octanol–water partition coefficient (Wildman–Crippen LogP) is -1.09. The molecule has 0 bridgehead atoms. The molecule has 6 nitrogen and oxygen atoms in total. The van der Waals surface area contributed by atoms with Crippen molar-refractivity contribution in [2.45, 2.75) is 13.0 Å². The van der Waals surface area contributed by atoms with E-state index in [9.17, 15) is 9.70 Å². The van der Waals surface area contributed by atoms with Gasteiger partial charge in [0.05, 0.1) is 31.1 Å². The maximum atomic E-state index is 10.5. The number of aliphatic hydroxyl groups excluding tert-OH is 2. The van der Waals surface area contributed by atoms with Gasteiger partial charge in [-0.15, -0.1) is 4.91 Å². The molecule has 1 unspecified atom stereocenters. The number of carbonyl (C=O) groups is 1. The Morgan fingerprint density at radius 2 is 2.25 bits per heavy atom. The highest BCUT2D eigenvalue weighted by molar-refractivity contribution is 5.77. The summed E-state index contributed by atoms with van der Waals surface area (Å²) in [6, 6.07) is 0. The normalized spacial score (nSPS) is 12.2. The highest BCUT2D eigenvalue weighted by atomic mass is 16.3. The lowest BCUT2D eigenvalue weighted by Crippen LogP contribution is -2.33. The zero-order valence-electron chi connectivity index (χ0n) is 6.80. The van der Waals surface area contributed by atoms with Crippen LogP contribution in [0.5, 0.6) is 0 Å². The van der Waals surface area contributed by atoms with Crippen molar-refractivity contribution < 1.29 is 15.0 Å². The molecule has 12 heavy (non-hydrogen) atoms. The number of rotatable bonds is 6. The fourth-order valence-electron chi connectivity index (χ4n) is 0.685. The van der Waals surface area contributed by atoms with Crippen LogP contribution in [0.2, 0.25) is 0 Å². The Morgan fingerprint density at radius 1 is 1.67 bits per heavy atom. The molecule has 0 amide bonds. The second-order valence-electron chi connectivity index (χ2n) is 2.47. The number of Topliss-reactive ketones (excluding diaryl/α,β-unsaturated/α-hetero) is 1. The number of aliphatic hydroxyl groups is 2. The molecule has 0 aromatic heterocycles. The SMILES string of the molecule is CC(=O)CN(CC(O)CO)N=O. The van der Waals surface area contributed by atoms with Gasteiger partial charge in [-0.05, 0) is 6.92 Å². The first-order valence-electron chi connectivity index (χ1n) is 3.46. The Balaban J connectivity index is 3.82. The van der Waals surface area contributed by atoms with Gasteiger partial charge in [0.25, 0.3) is 0 Å². The minimum absolute atomic E-state index is 0.125. The van der Waals surface area contributed by atoms with Gasteiger partial charge in [0.2, 0.25) is 0 Å². The quantitative estimate of drug-likeness (QED) is 0.396. The maximum Gasteiger partial charge on any atom is 0.150 e. The van der Waals surface area contributed by atoms with Gasteiger partial charge in [-0.1, -0.05) is 0 Å². The topological polar surface area (TPSA) is 90.2 Å². The van der Waals surface area contributed by atoms with Gasteiger partial charge in [0, 0.05) is 0 Å². The molecule has 0 heterocycles. The molecule has 0 aliphatic rings. The molecule has 0 rings (SSSR count). The largest absolute Gasteiger partial charge is 0.394 e. The van der Waals surface area contributed by atoms with E-state index in [2.05, 4.69) is 5.29 Å². The Hall–Kier alpha value is -1.01. The molecule has 0 aliphatic carbocycles. The molecular formula is C6H12N2O4. The second-order valence-corrected chi connectivity index (χ2v) is 2.47. The predicted molar refractivity (Wildman–Crippen MR) is 41.1 cm³/mol. The summed E-state index contributed by atoms with van der Waals surface area (Å²) in [6.45, 7) is 0.591. The molecule has 0 saturated heterocycles. The van der Waals surface area contributed by atoms with Crippen molar-refractivity contribution >= 4 is 5.78 Å². The molecule has 0 saturated carbocycles. The summed E-state index contributed by atoms with van der Waals surface area (Å²) in [6.07, 6.45) is -1.04. The molecule has 2 N–H and O–H groups in total. The van der Waals surface area contributed by atoms with Crippen molar-refractivity contribution in [2.24, 2.45) is 5.29 Å². The van der Waals surface area contributed by atoms with Crippen LogP contribution in [-0.2, 0) is 4.79 Å². The van der Waals surface area contributed by atoms with E-state index in [1.165, 1.54) is 6.92 Å². The van der Waals surface area contributed by atoms with Crippen LogP contribution in [0.25, 0.3) is 0 Å². The summed E-state index contributed by atoms with van der Waals surface area (Å²) in [5.41, 5.74) is 0. The average molecular weight is 176 g/mol. The first-order chi connectivity index (χ1) is 5.60. The number of hydrogen-bond donors (Lipinski definition) is 2. The van der Waals surface area contributed by atoms with Crippen molar-refractivity contribution in [3.63, 3.8) is 0 Å². The van der Waals surface area contributed by atoms with Gasteiger partial charge in [-0.3, -0.25) is 9.80 Å². The highest BCUT2D eigenvalue weighted by Crippen LogP contribution is 1.92. The standard InChI is InChI=1S/C6H12N2O4/c1-5(10)2-8(7-12)3-6(11)4-9/h6,9,11H,2-4H2,1H3. The molecule has 6 heteroatoms. The summed E-state index contributed by atoms with van der Waals surface area (Å²) in [4.78, 5) is 20.5. The van der Waals surface area contributed by atoms with Crippen LogP contribution in [0.4, 0.5) is 0 Å². The van der Waals surface area contributed by atoms with Crippen LogP contribution < -0.4 is 0 Å². The maximum absolute atomic E-state index is 10.5. The minimum atomic E-state index is -1.04. The lowest BCUT2D eigenvalue weighted by Gasteiger charge is -2.15. The van der Waals surface area contributed by atoms with Crippen molar-refractivity contribution in [2.75, 3.05) is 19.7 Å². The van der Waals surface area contributed by atoms with Crippen molar-refractivity contribution in [3.05, 3.63) is 4.91 Å². The van der Waals surface area contributed by atoms with Crippen LogP contribution in [0.1, 0.15) is 6.92 Å². The number of hydrogen-bond acceptors (Lipinski definition) is 5. The second kappa shape index (κ2) is 5.62. The van der Waals surface area contributed by atoms with Crippen molar-refractivity contribution in [1.29, 1.82) is 0 Å². The molecule has 0 radical (unpaired) electrons. The zero-order chi connectivity index (χ0) is 9.56. The number of nitroso groups, excluding NO2 is 1. The van der Waals surface area contributed by atoms with E-state index in [0.717, 1.165) is 5.01 Å². The third-order valence-corrected chi connectivity index (χ3v) is 1.15. The third-order valence-electron chi connectivity index (χ3n) is 1.15. The van der Waals surface area contributed by atoms with E-state index in [0.29, 0.717) is 0 Å². The Kier molecular flexibility index (Phi) is 5.14. The van der Waals surface area contributed by atoms with Gasteiger partial charge in [0.1, 0.15) is 0 Å². The van der Waals surface area contributed by atoms with E-state index in [1.54, 1.807) is 0 Å². The number of nitrogens with zero attached hydrogens (tertiary/aromatic N) is 2. The van der Waals surface area contributed by atoms with E-state index < -0.39 is 12.7 Å². The number of ketones is 1. The smallest absolute Gasteiger partial charge is 0.150 e. The fraction of sp³-hybridized carbons (Fsp3) is 0.833. The van der Waals surface area contributed by atoms with Gasteiger partial charge in [0.15, 0.2) is 5.78 Å². The molecule has 0 aliphatic heterocycles. The molecular weight excluding hydrogens is 164 g/mol. The molecule has 0 fully saturated rings. The van der Waals surface area contributed by atoms with Gasteiger partial charge in [-0.2, -0.15) is 0 Å². The van der Waals surface area contributed by atoms with E-state index in [1.807, 2.05) is 0 Å². The highest BCUT2D eigenvalue weighted by Gasteiger charge is 2.11. The Morgan fingerprint density at radius 3 is 2.58 bits per heavy atom. The van der Waals surface area contributed by atoms with Crippen LogP contribution in [0.3, 0.4) is 0 Å². The van der Waals surface area contributed by atoms with E-state index in [4.69, 9.17) is 10.2 Å². The molecule has 0 aromatic carbocycles. The van der Waals surface area contributed by atoms with Gasteiger partial charge < -0.3 is 10.2 Å². The minimum Gasteiger partial charge on any atom is -0.394 e. The van der Waals surface area contributed by atoms with E-state index >= 15 is 0 Å². The fourth-order valence-corrected chi connectivity index (χ4v) is 0.685. The Labute approximate surface area is 69.7 Å². The Bertz CT molecular complexity index is 162. The van der Waals surface area contributed by atoms with Crippen LogP contribution in [0, 0.1) is 4.91 Å². The lowest BCUT2D eigenvalue weighted by molar-refractivity contribution is -0.118. The summed E-state index contributed by atoms with van der Waals surface area (Å²) in [5.74, 6) is -0.222. The molecule has 70 valence electrons. The average Bonchev–Trinajstić information content (AvgIpc) is 2.02. The summed E-state index contributed by atoms with van der Waals surface area (Å²) in [5, 5.41) is 20.7. The zero-order valence-corrected chi connectivity index (χ0v) is 6.80. The van der Waals surface area contributed by atoms with Crippen LogP contribution >= 0.6 is 0 Å². The van der Waals surface area contributed by atoms with Gasteiger partial charge in [-0.25, -0.2) is 0 Å². The number of carbonyl (C=O) groups excluding carboxylic acids is 1. The van der Waals surface area contributed by atoms with Crippen LogP contribution in [-0.4, -0.2) is 46.8 Å². The van der Waals surface area contributed by atoms with E-state index in [-0.39, 0.29) is 18.9 Å². The molecule has 0 spiro atoms. The first kappa shape index (κ1) is 11.0. The molecule has 1 atom stereocenters. The van der Waals surface area contributed by atoms with Crippen molar-refractivity contribution in [3.8, 4) is 0 Å². The monoisotopic (exact) mass is 176 g/mol. The summed E-state index contributed by atoms with van der Waals surface area (Å²) in [7, 11) is 0. The van der Waals surface area contributed by atoms with Crippen molar-refractivity contribution in [1.82, 2.24) is 5.01 Å². The third kappa shape index (κ3) is 4.75. The summed E-state index contributed by atoms with van der Waals surface area (Å²) >= 11 is 0.